The van der Waals surface area contributed by atoms with Gasteiger partial charge in [-0.1, -0.05) is 18.2 Å². The van der Waals surface area contributed by atoms with Crippen molar-refractivity contribution in [2.45, 2.75) is 26.5 Å². The van der Waals surface area contributed by atoms with Gasteiger partial charge in [-0.25, -0.2) is 0 Å². The van der Waals surface area contributed by atoms with Crippen molar-refractivity contribution in [1.29, 1.82) is 0 Å². The van der Waals surface area contributed by atoms with Crippen LogP contribution in [0.5, 0.6) is 5.75 Å². The Morgan fingerprint density at radius 2 is 1.96 bits per heavy atom. The van der Waals surface area contributed by atoms with E-state index in [2.05, 4.69) is 22.3 Å². The molecule has 0 aliphatic carbocycles. The van der Waals surface area contributed by atoms with E-state index >= 15 is 0 Å². The number of aliphatic hydroxyl groups excluding tert-OH is 1. The van der Waals surface area contributed by atoms with Crippen LogP contribution in [-0.2, 0) is 6.54 Å². The molecule has 0 bridgehead atoms. The number of nitrogens with zero attached hydrogens (tertiary/aromatic N) is 2. The molecule has 1 heterocycles. The van der Waals surface area contributed by atoms with Gasteiger partial charge in [-0.15, -0.1) is 6.58 Å². The predicted octanol–water partition coefficient (Wildman–Crippen LogP) is 2.13. The molecule has 1 aromatic carbocycles. The summed E-state index contributed by atoms with van der Waals surface area (Å²) in [6.45, 7) is 10.4. The van der Waals surface area contributed by atoms with Gasteiger partial charge >= 0.3 is 0 Å². The average Bonchev–Trinajstić information content (AvgIpc) is 2.82. The van der Waals surface area contributed by atoms with Crippen molar-refractivity contribution in [3.8, 4) is 5.75 Å². The average molecular weight is 330 g/mol. The standard InChI is InChI=1S/C18H26N4O2/c1-4-11-22-14(3)18(13(2)21-22)20-10-9-19-12-17(24)15-5-7-16(23)8-6-15/h4-8,17,19-20,23-24H,1,9-12H2,2-3H3. The molecule has 0 spiro atoms. The molecule has 0 aliphatic rings. The minimum Gasteiger partial charge on any atom is -0.508 e. The normalized spacial score (nSPS) is 12.1. The van der Waals surface area contributed by atoms with Crippen molar-refractivity contribution in [2.24, 2.45) is 0 Å². The second-order valence-electron chi connectivity index (χ2n) is 5.75. The van der Waals surface area contributed by atoms with Crippen molar-refractivity contribution in [1.82, 2.24) is 15.1 Å². The molecule has 1 unspecified atom stereocenters. The summed E-state index contributed by atoms with van der Waals surface area (Å²) in [5.74, 6) is 0.200. The minimum absolute atomic E-state index is 0.200. The molecule has 0 amide bonds. The molecule has 130 valence electrons. The number of phenolic OH excluding ortho intramolecular Hbond substituents is 1. The highest BCUT2D eigenvalue weighted by atomic mass is 16.3. The molecular weight excluding hydrogens is 304 g/mol. The zero-order chi connectivity index (χ0) is 17.5. The summed E-state index contributed by atoms with van der Waals surface area (Å²) < 4.78 is 1.92. The van der Waals surface area contributed by atoms with Crippen LogP contribution < -0.4 is 10.6 Å². The van der Waals surface area contributed by atoms with Crippen LogP contribution in [0.15, 0.2) is 36.9 Å². The van der Waals surface area contributed by atoms with E-state index in [1.807, 2.05) is 24.6 Å². The Balaban J connectivity index is 1.75. The smallest absolute Gasteiger partial charge is 0.115 e. The van der Waals surface area contributed by atoms with E-state index < -0.39 is 6.10 Å². The Labute approximate surface area is 142 Å². The molecular formula is C18H26N4O2. The van der Waals surface area contributed by atoms with E-state index in [0.717, 1.165) is 35.7 Å². The summed E-state index contributed by atoms with van der Waals surface area (Å²) in [5.41, 5.74) is 3.90. The van der Waals surface area contributed by atoms with E-state index in [1.165, 1.54) is 0 Å². The van der Waals surface area contributed by atoms with E-state index in [0.29, 0.717) is 13.1 Å². The number of aromatic hydroxyl groups is 1. The molecule has 2 rings (SSSR count). The number of aliphatic hydroxyl groups is 1. The SMILES string of the molecule is C=CCn1nc(C)c(NCCNCC(O)c2ccc(O)cc2)c1C. The first-order valence-corrected chi connectivity index (χ1v) is 8.09. The van der Waals surface area contributed by atoms with Gasteiger partial charge in [0.25, 0.3) is 0 Å². The number of aromatic nitrogens is 2. The Bertz CT molecular complexity index is 664. The third kappa shape index (κ3) is 4.59. The van der Waals surface area contributed by atoms with Crippen LogP contribution in [0, 0.1) is 13.8 Å². The first-order chi connectivity index (χ1) is 11.5. The summed E-state index contributed by atoms with van der Waals surface area (Å²) in [6, 6.07) is 6.60. The first kappa shape index (κ1) is 18.0. The molecule has 2 aromatic rings. The fraction of sp³-hybridized carbons (Fsp3) is 0.389. The van der Waals surface area contributed by atoms with Gasteiger partial charge in [0.1, 0.15) is 5.75 Å². The Morgan fingerprint density at radius 3 is 2.62 bits per heavy atom. The summed E-state index contributed by atoms with van der Waals surface area (Å²) in [7, 11) is 0. The molecule has 6 nitrogen and oxygen atoms in total. The summed E-state index contributed by atoms with van der Waals surface area (Å²) >= 11 is 0. The van der Waals surface area contributed by atoms with Crippen LogP contribution in [0.1, 0.15) is 23.1 Å². The van der Waals surface area contributed by atoms with Crippen LogP contribution in [0.4, 0.5) is 5.69 Å². The molecule has 1 aromatic heterocycles. The Hall–Kier alpha value is -2.31. The third-order valence-electron chi connectivity index (χ3n) is 3.90. The third-order valence-corrected chi connectivity index (χ3v) is 3.90. The number of benzene rings is 1. The van der Waals surface area contributed by atoms with Crippen LogP contribution in [0.25, 0.3) is 0 Å². The van der Waals surface area contributed by atoms with E-state index in [9.17, 15) is 10.2 Å². The number of rotatable bonds is 9. The number of hydrogen-bond donors (Lipinski definition) is 4. The summed E-state index contributed by atoms with van der Waals surface area (Å²) in [4.78, 5) is 0. The Morgan fingerprint density at radius 1 is 1.25 bits per heavy atom. The lowest BCUT2D eigenvalue weighted by molar-refractivity contribution is 0.175. The fourth-order valence-corrected chi connectivity index (χ4v) is 2.58. The number of allylic oxidation sites excluding steroid dienone is 1. The number of aryl methyl sites for hydroxylation is 1. The fourth-order valence-electron chi connectivity index (χ4n) is 2.58. The second-order valence-corrected chi connectivity index (χ2v) is 5.75. The largest absolute Gasteiger partial charge is 0.508 e. The molecule has 6 heteroatoms. The molecule has 0 fully saturated rings. The monoisotopic (exact) mass is 330 g/mol. The van der Waals surface area contributed by atoms with Crippen molar-refractivity contribution >= 4 is 5.69 Å². The molecule has 0 aliphatic heterocycles. The zero-order valence-corrected chi connectivity index (χ0v) is 14.3. The lowest BCUT2D eigenvalue weighted by atomic mass is 10.1. The van der Waals surface area contributed by atoms with Gasteiger partial charge in [0, 0.05) is 19.6 Å². The van der Waals surface area contributed by atoms with Crippen LogP contribution >= 0.6 is 0 Å². The second kappa shape index (κ2) is 8.52. The van der Waals surface area contributed by atoms with Gasteiger partial charge in [-0.05, 0) is 31.5 Å². The van der Waals surface area contributed by atoms with Gasteiger partial charge < -0.3 is 20.8 Å². The highest BCUT2D eigenvalue weighted by molar-refractivity contribution is 5.52. The van der Waals surface area contributed by atoms with Crippen LogP contribution in [0.3, 0.4) is 0 Å². The van der Waals surface area contributed by atoms with Crippen molar-refractivity contribution in [3.05, 3.63) is 53.9 Å². The van der Waals surface area contributed by atoms with Gasteiger partial charge in [0.15, 0.2) is 0 Å². The lowest BCUT2D eigenvalue weighted by Crippen LogP contribution is -2.27. The lowest BCUT2D eigenvalue weighted by Gasteiger charge is -2.13. The highest BCUT2D eigenvalue weighted by Gasteiger charge is 2.10. The number of nitrogens with one attached hydrogen (secondary N) is 2. The molecule has 0 radical (unpaired) electrons. The number of phenols is 1. The molecule has 24 heavy (non-hydrogen) atoms. The Kier molecular flexibility index (Phi) is 6.40. The summed E-state index contributed by atoms with van der Waals surface area (Å²) in [5, 5.41) is 30.4. The maximum Gasteiger partial charge on any atom is 0.115 e. The topological polar surface area (TPSA) is 82.3 Å². The van der Waals surface area contributed by atoms with E-state index in [1.54, 1.807) is 24.3 Å². The molecule has 0 saturated heterocycles. The van der Waals surface area contributed by atoms with E-state index in [-0.39, 0.29) is 5.75 Å². The summed E-state index contributed by atoms with van der Waals surface area (Å²) in [6.07, 6.45) is 1.24. The minimum atomic E-state index is -0.593. The van der Waals surface area contributed by atoms with E-state index in [4.69, 9.17) is 0 Å². The first-order valence-electron chi connectivity index (χ1n) is 8.09. The molecule has 4 N–H and O–H groups in total. The zero-order valence-electron chi connectivity index (χ0n) is 14.3. The molecule has 0 saturated carbocycles. The van der Waals surface area contributed by atoms with Gasteiger partial charge in [-0.3, -0.25) is 4.68 Å². The van der Waals surface area contributed by atoms with Crippen molar-refractivity contribution in [2.75, 3.05) is 25.0 Å². The molecule has 1 atom stereocenters. The maximum absolute atomic E-state index is 10.1. The van der Waals surface area contributed by atoms with Crippen molar-refractivity contribution in [3.63, 3.8) is 0 Å². The van der Waals surface area contributed by atoms with Gasteiger partial charge in [0.2, 0.25) is 0 Å². The van der Waals surface area contributed by atoms with Crippen molar-refractivity contribution < 1.29 is 10.2 Å². The number of hydrogen-bond acceptors (Lipinski definition) is 5. The quantitative estimate of drug-likeness (QED) is 0.418. The van der Waals surface area contributed by atoms with Crippen LogP contribution in [-0.4, -0.2) is 39.6 Å². The predicted molar refractivity (Wildman–Crippen MR) is 96.3 cm³/mol. The maximum atomic E-state index is 10.1. The van der Waals surface area contributed by atoms with Gasteiger partial charge in [0.05, 0.1) is 29.7 Å². The number of anilines is 1. The highest BCUT2D eigenvalue weighted by Crippen LogP contribution is 2.19. The van der Waals surface area contributed by atoms with Gasteiger partial charge in [-0.2, -0.15) is 5.10 Å². The van der Waals surface area contributed by atoms with Crippen LogP contribution in [0.2, 0.25) is 0 Å².